The van der Waals surface area contributed by atoms with E-state index in [1.165, 1.54) is 0 Å². The summed E-state index contributed by atoms with van der Waals surface area (Å²) in [7, 11) is 0. The van der Waals surface area contributed by atoms with E-state index in [1.807, 2.05) is 52.0 Å². The van der Waals surface area contributed by atoms with Gasteiger partial charge in [-0.05, 0) is 62.8 Å². The largest absolute Gasteiger partial charge is 2.00 e. The van der Waals surface area contributed by atoms with Crippen LogP contribution in [0.5, 0.6) is 23.0 Å². The minimum absolute atomic E-state index is 0. The summed E-state index contributed by atoms with van der Waals surface area (Å²) in [5.41, 5.74) is 5.59. The van der Waals surface area contributed by atoms with Crippen LogP contribution in [0.4, 0.5) is 0 Å². The summed E-state index contributed by atoms with van der Waals surface area (Å²) < 4.78 is 0. The second-order valence-electron chi connectivity index (χ2n) is 10.7. The number of para-hydroxylation sites is 4. The predicted molar refractivity (Wildman–Crippen MR) is 192 cm³/mol. The average molecular weight is 883 g/mol. The summed E-state index contributed by atoms with van der Waals surface area (Å²) in [4.78, 5) is 17.7. The molecule has 0 fully saturated rings. The summed E-state index contributed by atoms with van der Waals surface area (Å²) in [5.74, 6) is -0.0197. The molecule has 0 atom stereocenters. The Kier molecular flexibility index (Phi) is 31.9. The monoisotopic (exact) mass is 881 g/mol. The molecule has 3 radical (unpaired) electrons. The Labute approximate surface area is 354 Å². The molecule has 0 spiro atoms. The molecule has 0 aliphatic heterocycles. The van der Waals surface area contributed by atoms with Crippen LogP contribution in [-0.2, 0) is 51.2 Å². The van der Waals surface area contributed by atoms with Gasteiger partial charge in [0, 0.05) is 61.5 Å². The smallest absolute Gasteiger partial charge is 0.872 e. The zero-order valence-electron chi connectivity index (χ0n) is 30.6. The summed E-state index contributed by atoms with van der Waals surface area (Å²) in [5, 5.41) is 76.8. The van der Waals surface area contributed by atoms with Gasteiger partial charge >= 0.3 is 51.2 Å². The minimum Gasteiger partial charge on any atom is -0.872 e. The van der Waals surface area contributed by atoms with Crippen LogP contribution in [0.15, 0.2) is 117 Å². The SMILES string of the molecule is CC(=NCCCN=C(C)c1ccccc1[O-])c1ccccc1[O-].CC(=NCCCN=C(C)c1ccccc1[O-])c1ccccc1[O-].N#C[O-].N#C[O-].[Cu+2].[Cu+2].[Mn+2]. The second kappa shape index (κ2) is 32.3. The molecule has 4 rings (SSSR count). The van der Waals surface area contributed by atoms with Gasteiger partial charge in [0.05, 0.1) is 0 Å². The molecule has 55 heavy (non-hydrogen) atoms. The van der Waals surface area contributed by atoms with Crippen molar-refractivity contribution in [3.05, 3.63) is 119 Å². The molecule has 0 aliphatic carbocycles. The van der Waals surface area contributed by atoms with E-state index in [1.54, 1.807) is 72.8 Å². The van der Waals surface area contributed by atoms with Crippen LogP contribution < -0.4 is 30.6 Å². The first-order valence-electron chi connectivity index (χ1n) is 16.1. The molecule has 0 amide bonds. The van der Waals surface area contributed by atoms with E-state index in [2.05, 4.69) is 20.0 Å². The average Bonchev–Trinajstić information content (AvgIpc) is 3.12. The number of hydrogen-bond acceptors (Lipinski definition) is 12. The van der Waals surface area contributed by atoms with E-state index in [0.717, 1.165) is 35.7 Å². The quantitative estimate of drug-likeness (QED) is 0.0886. The third-order valence-corrected chi connectivity index (χ3v) is 7.14. The first kappa shape index (κ1) is 54.2. The molecule has 4 aromatic rings. The van der Waals surface area contributed by atoms with Crippen molar-refractivity contribution in [3.63, 3.8) is 0 Å². The van der Waals surface area contributed by atoms with Crippen molar-refractivity contribution in [3.8, 4) is 35.5 Å². The van der Waals surface area contributed by atoms with Gasteiger partial charge in [0.2, 0.25) is 0 Å². The number of benzene rings is 4. The van der Waals surface area contributed by atoms with Crippen LogP contribution in [0.1, 0.15) is 62.8 Å². The number of rotatable bonds is 12. The van der Waals surface area contributed by atoms with E-state index in [0.29, 0.717) is 60.9 Å². The predicted octanol–water partition coefficient (Wildman–Crippen LogP) is 2.73. The van der Waals surface area contributed by atoms with E-state index >= 15 is 0 Å². The zero-order valence-corrected chi connectivity index (χ0v) is 33.7. The maximum absolute atomic E-state index is 11.7. The Morgan fingerprint density at radius 1 is 0.436 bits per heavy atom. The van der Waals surface area contributed by atoms with E-state index in [-0.39, 0.29) is 74.2 Å². The minimum atomic E-state index is -0.00494. The Balaban J connectivity index is -0.000000820. The Morgan fingerprint density at radius 3 is 0.764 bits per heavy atom. The molecule has 15 heteroatoms. The van der Waals surface area contributed by atoms with Gasteiger partial charge in [-0.15, -0.1) is 0 Å². The van der Waals surface area contributed by atoms with Crippen LogP contribution >= 0.6 is 0 Å². The first-order valence-corrected chi connectivity index (χ1v) is 16.1. The van der Waals surface area contributed by atoms with Crippen LogP contribution in [0.25, 0.3) is 0 Å². The molecular weight excluding hydrogens is 843 g/mol. The summed E-state index contributed by atoms with van der Waals surface area (Å²) in [6.45, 7) is 9.81. The van der Waals surface area contributed by atoms with E-state index < -0.39 is 0 Å². The standard InChI is InChI=1S/2C19H22N2O2.2CHNO.2Cu.Mn/c2*1-14(16-8-3-5-10-18(16)22)20-12-7-13-21-15(2)17-9-4-6-11-19(17)23;2*2-1-3;;;/h2*3-6,8-11,22-23H,7,12-13H2,1-2H3;2*3H;;;/q;;;;3*+2/p-6. The topological polar surface area (TPSA) is 235 Å². The third kappa shape index (κ3) is 21.4. The maximum Gasteiger partial charge on any atom is 2.00 e. The molecule has 12 nitrogen and oxygen atoms in total. The number of aliphatic imine (C=N–C) groups is 4. The van der Waals surface area contributed by atoms with Gasteiger partial charge in [-0.1, -0.05) is 120 Å². The summed E-state index contributed by atoms with van der Waals surface area (Å²) in [6.07, 6.45) is 2.55. The van der Waals surface area contributed by atoms with Gasteiger partial charge in [0.25, 0.3) is 0 Å². The third-order valence-electron chi connectivity index (χ3n) is 7.14. The maximum atomic E-state index is 11.7. The van der Waals surface area contributed by atoms with Crippen molar-refractivity contribution < 1.29 is 81.8 Å². The van der Waals surface area contributed by atoms with Crippen molar-refractivity contribution in [2.24, 2.45) is 20.0 Å². The molecule has 0 N–H and O–H groups in total. The normalized spacial score (nSPS) is 10.7. The molecule has 0 unspecified atom stereocenters. The van der Waals surface area contributed by atoms with Crippen molar-refractivity contribution in [1.29, 1.82) is 10.5 Å². The summed E-state index contributed by atoms with van der Waals surface area (Å²) >= 11 is 0. The van der Waals surface area contributed by atoms with Gasteiger partial charge in [-0.3, -0.25) is 20.0 Å². The molecule has 0 saturated carbocycles. The van der Waals surface area contributed by atoms with Gasteiger partial charge in [0.1, 0.15) is 0 Å². The van der Waals surface area contributed by atoms with Crippen LogP contribution in [-0.4, -0.2) is 49.0 Å². The van der Waals surface area contributed by atoms with Crippen molar-refractivity contribution in [1.82, 2.24) is 0 Å². The molecular formula is C40H40Cu2MnN6O6. The molecule has 0 bridgehead atoms. The zero-order chi connectivity index (χ0) is 38.7. The summed E-state index contributed by atoms with van der Waals surface area (Å²) in [6, 6.07) is 27.6. The van der Waals surface area contributed by atoms with Crippen molar-refractivity contribution >= 4 is 22.8 Å². The van der Waals surface area contributed by atoms with Gasteiger partial charge in [-0.25, -0.2) is 10.5 Å². The Morgan fingerprint density at radius 2 is 0.600 bits per heavy atom. The number of nitriles is 2. The molecule has 0 aliphatic rings. The fraction of sp³-hybridized carbons (Fsp3) is 0.250. The fourth-order valence-electron chi connectivity index (χ4n) is 4.53. The van der Waals surface area contributed by atoms with Crippen LogP contribution in [0, 0.1) is 23.0 Å². The van der Waals surface area contributed by atoms with Crippen molar-refractivity contribution in [2.75, 3.05) is 26.2 Å². The Hall–Kier alpha value is -5.10. The van der Waals surface area contributed by atoms with E-state index in [4.69, 9.17) is 20.7 Å². The molecule has 0 saturated heterocycles. The van der Waals surface area contributed by atoms with Gasteiger partial charge in [-0.2, -0.15) is 0 Å². The Bertz CT molecular complexity index is 1650. The number of nitrogens with zero attached hydrogens (tertiary/aromatic N) is 6. The fourth-order valence-corrected chi connectivity index (χ4v) is 4.53. The van der Waals surface area contributed by atoms with Crippen LogP contribution in [0.2, 0.25) is 0 Å². The molecule has 0 heterocycles. The molecule has 4 aromatic carbocycles. The number of hydrogen-bond donors (Lipinski definition) is 0. The van der Waals surface area contributed by atoms with Crippen molar-refractivity contribution in [2.45, 2.75) is 40.5 Å². The van der Waals surface area contributed by atoms with E-state index in [9.17, 15) is 20.4 Å². The molecule has 0 aromatic heterocycles. The second-order valence-corrected chi connectivity index (χ2v) is 10.7. The first-order chi connectivity index (χ1) is 25.0. The molecule has 295 valence electrons. The van der Waals surface area contributed by atoms with Gasteiger partial charge in [0.15, 0.2) is 0 Å². The van der Waals surface area contributed by atoms with Crippen LogP contribution in [0.3, 0.4) is 0 Å². The van der Waals surface area contributed by atoms with Gasteiger partial charge < -0.3 is 30.6 Å².